The molecular weight excluding hydrogens is 306 g/mol. The molecule has 0 aliphatic rings. The van der Waals surface area contributed by atoms with Gasteiger partial charge in [0.25, 0.3) is 0 Å². The average molecular weight is 320 g/mol. The van der Waals surface area contributed by atoms with Gasteiger partial charge in [0.15, 0.2) is 5.15 Å². The molecule has 1 aromatic carbocycles. The van der Waals surface area contributed by atoms with Crippen molar-refractivity contribution < 1.29 is 14.3 Å². The Hall–Kier alpha value is -2.60. The van der Waals surface area contributed by atoms with Gasteiger partial charge in [0.2, 0.25) is 0 Å². The maximum Gasteiger partial charge on any atom is 0.314 e. The van der Waals surface area contributed by atoms with Crippen LogP contribution >= 0.6 is 11.6 Å². The number of carbonyl (C=O) groups is 2. The first kappa shape index (κ1) is 15.8. The van der Waals surface area contributed by atoms with E-state index in [0.29, 0.717) is 18.0 Å². The van der Waals surface area contributed by atoms with E-state index in [9.17, 15) is 9.59 Å². The molecule has 2 amide bonds. The second-order valence-corrected chi connectivity index (χ2v) is 4.57. The minimum atomic E-state index is -0.830. The van der Waals surface area contributed by atoms with Crippen LogP contribution in [0, 0.1) is 0 Å². The normalized spacial score (nSPS) is 9.91. The molecule has 0 radical (unpaired) electrons. The van der Waals surface area contributed by atoms with Gasteiger partial charge in [-0.1, -0.05) is 11.6 Å². The van der Waals surface area contributed by atoms with Crippen molar-refractivity contribution in [3.05, 3.63) is 47.7 Å². The summed E-state index contributed by atoms with van der Waals surface area (Å²) in [7, 11) is 0. The number of anilines is 2. The minimum absolute atomic E-state index is 0.115. The summed E-state index contributed by atoms with van der Waals surface area (Å²) in [5, 5.41) is 4.99. The SMILES string of the molecule is CCOc1ccc(NC(=O)C(=O)Nc2cccnc2Cl)cc1. The Morgan fingerprint density at radius 1 is 1.14 bits per heavy atom. The molecule has 114 valence electrons. The van der Waals surface area contributed by atoms with Crippen molar-refractivity contribution in [3.8, 4) is 5.75 Å². The first-order valence-corrected chi connectivity index (χ1v) is 6.93. The lowest BCUT2D eigenvalue weighted by Crippen LogP contribution is -2.29. The highest BCUT2D eigenvalue weighted by atomic mass is 35.5. The van der Waals surface area contributed by atoms with Crippen LogP contribution in [0.25, 0.3) is 0 Å². The monoisotopic (exact) mass is 319 g/mol. The Kier molecular flexibility index (Phi) is 5.32. The number of amides is 2. The summed E-state index contributed by atoms with van der Waals surface area (Å²) < 4.78 is 5.29. The highest BCUT2D eigenvalue weighted by molar-refractivity contribution is 6.44. The summed E-state index contributed by atoms with van der Waals surface area (Å²) in [6, 6.07) is 9.85. The number of ether oxygens (including phenoxy) is 1. The van der Waals surface area contributed by atoms with Gasteiger partial charge in [0.1, 0.15) is 5.75 Å². The fourth-order valence-corrected chi connectivity index (χ4v) is 1.81. The summed E-state index contributed by atoms with van der Waals surface area (Å²) in [5.41, 5.74) is 0.761. The third-order valence-corrected chi connectivity index (χ3v) is 2.94. The molecule has 2 aromatic rings. The second-order valence-electron chi connectivity index (χ2n) is 4.21. The summed E-state index contributed by atoms with van der Waals surface area (Å²) in [5.74, 6) is -0.944. The molecule has 6 nitrogen and oxygen atoms in total. The lowest BCUT2D eigenvalue weighted by atomic mass is 10.3. The Balaban J connectivity index is 1.96. The van der Waals surface area contributed by atoms with Gasteiger partial charge in [-0.15, -0.1) is 0 Å². The maximum atomic E-state index is 11.8. The summed E-state index contributed by atoms with van der Waals surface area (Å²) >= 11 is 5.81. The number of hydrogen-bond acceptors (Lipinski definition) is 4. The number of carbonyl (C=O) groups excluding carboxylic acids is 2. The van der Waals surface area contributed by atoms with Gasteiger partial charge >= 0.3 is 11.8 Å². The van der Waals surface area contributed by atoms with Gasteiger partial charge in [0.05, 0.1) is 12.3 Å². The molecule has 0 unspecified atom stereocenters. The van der Waals surface area contributed by atoms with E-state index in [4.69, 9.17) is 16.3 Å². The molecule has 0 bridgehead atoms. The van der Waals surface area contributed by atoms with E-state index < -0.39 is 11.8 Å². The largest absolute Gasteiger partial charge is 0.494 e. The van der Waals surface area contributed by atoms with Crippen molar-refractivity contribution >= 4 is 34.8 Å². The third kappa shape index (κ3) is 4.20. The smallest absolute Gasteiger partial charge is 0.314 e. The zero-order valence-corrected chi connectivity index (χ0v) is 12.6. The lowest BCUT2D eigenvalue weighted by molar-refractivity contribution is -0.133. The highest BCUT2D eigenvalue weighted by Gasteiger charge is 2.15. The summed E-state index contributed by atoms with van der Waals surface area (Å²) in [6.07, 6.45) is 1.48. The van der Waals surface area contributed by atoms with Gasteiger partial charge in [-0.3, -0.25) is 9.59 Å². The number of nitrogens with zero attached hydrogens (tertiary/aromatic N) is 1. The molecule has 22 heavy (non-hydrogen) atoms. The minimum Gasteiger partial charge on any atom is -0.494 e. The first-order valence-electron chi connectivity index (χ1n) is 6.56. The third-order valence-electron chi connectivity index (χ3n) is 2.64. The molecule has 0 saturated heterocycles. The van der Waals surface area contributed by atoms with Crippen LogP contribution in [0.2, 0.25) is 5.15 Å². The zero-order valence-electron chi connectivity index (χ0n) is 11.8. The van der Waals surface area contributed by atoms with Crippen LogP contribution < -0.4 is 15.4 Å². The van der Waals surface area contributed by atoms with Crippen LogP contribution in [-0.4, -0.2) is 23.4 Å². The van der Waals surface area contributed by atoms with E-state index in [-0.39, 0.29) is 10.8 Å². The number of nitrogens with one attached hydrogen (secondary N) is 2. The van der Waals surface area contributed by atoms with E-state index in [1.165, 1.54) is 6.20 Å². The van der Waals surface area contributed by atoms with Crippen LogP contribution in [0.4, 0.5) is 11.4 Å². The van der Waals surface area contributed by atoms with Gasteiger partial charge < -0.3 is 15.4 Å². The van der Waals surface area contributed by atoms with Gasteiger partial charge in [-0.05, 0) is 43.3 Å². The number of hydrogen-bond donors (Lipinski definition) is 2. The predicted molar refractivity (Wildman–Crippen MR) is 84.1 cm³/mol. The fraction of sp³-hybridized carbons (Fsp3) is 0.133. The topological polar surface area (TPSA) is 80.3 Å². The molecule has 0 atom stereocenters. The van der Waals surface area contributed by atoms with Crippen molar-refractivity contribution in [1.82, 2.24) is 4.98 Å². The molecule has 2 N–H and O–H groups in total. The Bertz CT molecular complexity index is 674. The molecule has 0 fully saturated rings. The molecular formula is C15H14ClN3O3. The standard InChI is InChI=1S/C15H14ClN3O3/c1-2-22-11-7-5-10(6-8-11)18-14(20)15(21)19-12-4-3-9-17-13(12)16/h3-9H,2H2,1H3,(H,18,20)(H,19,21). The average Bonchev–Trinajstić information content (AvgIpc) is 2.51. The number of aromatic nitrogens is 1. The van der Waals surface area contributed by atoms with Crippen LogP contribution in [0.3, 0.4) is 0 Å². The Labute approximate surface area is 132 Å². The molecule has 0 aliphatic carbocycles. The summed E-state index contributed by atoms with van der Waals surface area (Å²) in [6.45, 7) is 2.43. The van der Waals surface area contributed by atoms with Crippen LogP contribution in [0.15, 0.2) is 42.6 Å². The van der Waals surface area contributed by atoms with Crippen molar-refractivity contribution in [2.45, 2.75) is 6.92 Å². The Morgan fingerprint density at radius 2 is 1.82 bits per heavy atom. The number of rotatable bonds is 4. The van der Waals surface area contributed by atoms with E-state index in [1.54, 1.807) is 36.4 Å². The molecule has 0 saturated carbocycles. The van der Waals surface area contributed by atoms with Crippen molar-refractivity contribution in [2.24, 2.45) is 0 Å². The molecule has 1 heterocycles. The van der Waals surface area contributed by atoms with Crippen molar-refractivity contribution in [1.29, 1.82) is 0 Å². The number of pyridine rings is 1. The van der Waals surface area contributed by atoms with Crippen LogP contribution in [-0.2, 0) is 9.59 Å². The zero-order chi connectivity index (χ0) is 15.9. The van der Waals surface area contributed by atoms with E-state index >= 15 is 0 Å². The van der Waals surface area contributed by atoms with Crippen LogP contribution in [0.1, 0.15) is 6.92 Å². The van der Waals surface area contributed by atoms with Crippen molar-refractivity contribution in [2.75, 3.05) is 17.2 Å². The van der Waals surface area contributed by atoms with Gasteiger partial charge in [0, 0.05) is 11.9 Å². The molecule has 1 aromatic heterocycles. The molecule has 0 aliphatic heterocycles. The predicted octanol–water partition coefficient (Wildman–Crippen LogP) is 2.71. The van der Waals surface area contributed by atoms with Crippen LogP contribution in [0.5, 0.6) is 5.75 Å². The fourth-order valence-electron chi connectivity index (χ4n) is 1.65. The second kappa shape index (κ2) is 7.42. The Morgan fingerprint density at radius 3 is 2.45 bits per heavy atom. The van der Waals surface area contributed by atoms with E-state index in [1.807, 2.05) is 6.92 Å². The van der Waals surface area contributed by atoms with Gasteiger partial charge in [-0.25, -0.2) is 4.98 Å². The lowest BCUT2D eigenvalue weighted by Gasteiger charge is -2.08. The molecule has 2 rings (SSSR count). The molecule has 7 heteroatoms. The number of halogens is 1. The van der Waals surface area contributed by atoms with Crippen molar-refractivity contribution in [3.63, 3.8) is 0 Å². The summed E-state index contributed by atoms with van der Waals surface area (Å²) in [4.78, 5) is 27.4. The molecule has 0 spiro atoms. The maximum absolute atomic E-state index is 11.8. The quantitative estimate of drug-likeness (QED) is 0.670. The number of benzene rings is 1. The van der Waals surface area contributed by atoms with Gasteiger partial charge in [-0.2, -0.15) is 0 Å². The highest BCUT2D eigenvalue weighted by Crippen LogP contribution is 2.18. The van der Waals surface area contributed by atoms with E-state index in [0.717, 1.165) is 0 Å². The first-order chi connectivity index (χ1) is 10.6. The van der Waals surface area contributed by atoms with E-state index in [2.05, 4.69) is 15.6 Å².